The first-order chi connectivity index (χ1) is 9.53. The molecule has 0 aromatic carbocycles. The average molecular weight is 363 g/mol. The van der Waals surface area contributed by atoms with Gasteiger partial charge in [0.25, 0.3) is 0 Å². The molecule has 20 heavy (non-hydrogen) atoms. The second-order valence-electron chi connectivity index (χ2n) is 4.11. The van der Waals surface area contributed by atoms with E-state index in [0.717, 1.165) is 5.76 Å². The molecule has 2 N–H and O–H groups in total. The van der Waals surface area contributed by atoms with Gasteiger partial charge in [-0.15, -0.1) is 0 Å². The summed E-state index contributed by atoms with van der Waals surface area (Å²) in [6.07, 6.45) is 2.05. The number of halogens is 1. The molecule has 0 aliphatic rings. The topological polar surface area (TPSA) is 84.5 Å². The highest BCUT2D eigenvalue weighted by atomic mass is 79.9. The molecule has 8 heteroatoms. The lowest BCUT2D eigenvalue weighted by Crippen LogP contribution is -2.25. The van der Waals surface area contributed by atoms with Gasteiger partial charge in [0.05, 0.1) is 12.8 Å². The Morgan fingerprint density at radius 1 is 1.35 bits per heavy atom. The fourth-order valence-electron chi connectivity index (χ4n) is 1.68. The molecule has 110 valence electrons. The van der Waals surface area contributed by atoms with Crippen molar-refractivity contribution in [1.29, 1.82) is 0 Å². The van der Waals surface area contributed by atoms with E-state index in [9.17, 15) is 8.42 Å². The van der Waals surface area contributed by atoms with Crippen LogP contribution in [0.5, 0.6) is 0 Å². The van der Waals surface area contributed by atoms with E-state index in [4.69, 9.17) is 8.83 Å². The van der Waals surface area contributed by atoms with E-state index < -0.39 is 10.0 Å². The van der Waals surface area contributed by atoms with Gasteiger partial charge < -0.3 is 14.2 Å². The molecular weight excluding hydrogens is 348 g/mol. The summed E-state index contributed by atoms with van der Waals surface area (Å²) in [7, 11) is -1.85. The molecule has 2 aromatic rings. The fraction of sp³-hybridized carbons (Fsp3) is 0.333. The van der Waals surface area contributed by atoms with Gasteiger partial charge in [-0.3, -0.25) is 0 Å². The Hall–Kier alpha value is -1.09. The van der Waals surface area contributed by atoms with Gasteiger partial charge in [-0.2, -0.15) is 0 Å². The molecule has 0 aliphatic heterocycles. The van der Waals surface area contributed by atoms with Crippen LogP contribution < -0.4 is 10.0 Å². The third-order valence-electron chi connectivity index (χ3n) is 2.59. The molecule has 0 unspecified atom stereocenters. The highest BCUT2D eigenvalue weighted by molar-refractivity contribution is 9.10. The Morgan fingerprint density at radius 3 is 2.80 bits per heavy atom. The smallest absolute Gasteiger partial charge is 0.244 e. The third-order valence-corrected chi connectivity index (χ3v) is 4.91. The predicted octanol–water partition coefficient (Wildman–Crippen LogP) is 1.88. The van der Waals surface area contributed by atoms with Crippen LogP contribution in [0, 0.1) is 0 Å². The third kappa shape index (κ3) is 3.72. The first-order valence-electron chi connectivity index (χ1n) is 5.98. The standard InChI is InChI=1S/C12H15BrN2O4S/c1-14-8-10-7-11(12(13)19-10)20(16,17)15-5-4-9-3-2-6-18-9/h2-3,6-7,14-15H,4-5,8H2,1H3. The molecule has 0 atom stereocenters. The summed E-state index contributed by atoms with van der Waals surface area (Å²) < 4.78 is 37.5. The van der Waals surface area contributed by atoms with Gasteiger partial charge in [-0.1, -0.05) is 0 Å². The minimum absolute atomic E-state index is 0.0993. The fourth-order valence-corrected chi connectivity index (χ4v) is 3.71. The average Bonchev–Trinajstić information content (AvgIpc) is 2.99. The highest BCUT2D eigenvalue weighted by Crippen LogP contribution is 2.25. The molecule has 0 radical (unpaired) electrons. The first-order valence-corrected chi connectivity index (χ1v) is 8.25. The van der Waals surface area contributed by atoms with Crippen LogP contribution in [0.3, 0.4) is 0 Å². The lowest BCUT2D eigenvalue weighted by Gasteiger charge is -2.03. The normalized spacial score (nSPS) is 11.9. The van der Waals surface area contributed by atoms with Crippen LogP contribution in [0.15, 0.2) is 42.9 Å². The summed E-state index contributed by atoms with van der Waals surface area (Å²) in [6, 6.07) is 5.06. The predicted molar refractivity (Wildman–Crippen MR) is 76.8 cm³/mol. The van der Waals surface area contributed by atoms with Crippen molar-refractivity contribution in [1.82, 2.24) is 10.0 Å². The van der Waals surface area contributed by atoms with Gasteiger partial charge in [-0.25, -0.2) is 13.1 Å². The molecule has 0 bridgehead atoms. The van der Waals surface area contributed by atoms with Crippen LogP contribution >= 0.6 is 15.9 Å². The van der Waals surface area contributed by atoms with E-state index in [1.54, 1.807) is 25.4 Å². The Labute approximate surface area is 125 Å². The molecule has 0 amide bonds. The summed E-state index contributed by atoms with van der Waals surface area (Å²) in [4.78, 5) is 0.0993. The molecule has 0 saturated heterocycles. The molecule has 2 rings (SSSR count). The van der Waals surface area contributed by atoms with Crippen LogP contribution in [-0.2, 0) is 23.0 Å². The van der Waals surface area contributed by atoms with Crippen molar-refractivity contribution >= 4 is 26.0 Å². The SMILES string of the molecule is CNCc1cc(S(=O)(=O)NCCc2ccco2)c(Br)o1. The molecular formula is C12H15BrN2O4S. The van der Waals surface area contributed by atoms with Crippen molar-refractivity contribution < 1.29 is 17.3 Å². The molecule has 0 saturated carbocycles. The van der Waals surface area contributed by atoms with Crippen molar-refractivity contribution in [3.8, 4) is 0 Å². The maximum Gasteiger partial charge on any atom is 0.244 e. The summed E-state index contributed by atoms with van der Waals surface area (Å²) in [6.45, 7) is 0.718. The minimum Gasteiger partial charge on any atom is -0.469 e. The zero-order valence-corrected chi connectivity index (χ0v) is 13.3. The van der Waals surface area contributed by atoms with E-state index in [-0.39, 0.29) is 16.1 Å². The van der Waals surface area contributed by atoms with E-state index in [2.05, 4.69) is 26.0 Å². The van der Waals surface area contributed by atoms with Crippen LogP contribution in [0.25, 0.3) is 0 Å². The maximum absolute atomic E-state index is 12.1. The Kier molecular flexibility index (Phi) is 5.03. The largest absolute Gasteiger partial charge is 0.469 e. The minimum atomic E-state index is -3.60. The van der Waals surface area contributed by atoms with Crippen LogP contribution in [0.4, 0.5) is 0 Å². The number of sulfonamides is 1. The van der Waals surface area contributed by atoms with Crippen molar-refractivity contribution in [2.45, 2.75) is 17.9 Å². The van der Waals surface area contributed by atoms with Gasteiger partial charge in [-0.05, 0) is 35.1 Å². The molecule has 2 heterocycles. The van der Waals surface area contributed by atoms with Crippen molar-refractivity contribution in [2.24, 2.45) is 0 Å². The lowest BCUT2D eigenvalue weighted by molar-refractivity contribution is 0.470. The van der Waals surface area contributed by atoms with Gasteiger partial charge in [0.1, 0.15) is 16.4 Å². The van der Waals surface area contributed by atoms with Crippen molar-refractivity contribution in [3.05, 3.63) is 40.7 Å². The Balaban J connectivity index is 2.02. The number of hydrogen-bond acceptors (Lipinski definition) is 5. The molecule has 0 fully saturated rings. The van der Waals surface area contributed by atoms with Gasteiger partial charge in [0.2, 0.25) is 10.0 Å². The van der Waals surface area contributed by atoms with Crippen molar-refractivity contribution in [2.75, 3.05) is 13.6 Å². The second kappa shape index (κ2) is 6.57. The van der Waals surface area contributed by atoms with E-state index in [1.165, 1.54) is 6.07 Å². The van der Waals surface area contributed by atoms with Crippen LogP contribution in [-0.4, -0.2) is 22.0 Å². The Bertz CT molecular complexity index is 649. The number of nitrogens with one attached hydrogen (secondary N) is 2. The molecule has 0 aliphatic carbocycles. The quantitative estimate of drug-likeness (QED) is 0.785. The monoisotopic (exact) mass is 362 g/mol. The van der Waals surface area contributed by atoms with Gasteiger partial charge in [0.15, 0.2) is 4.67 Å². The maximum atomic E-state index is 12.1. The van der Waals surface area contributed by atoms with Gasteiger partial charge >= 0.3 is 0 Å². The van der Waals surface area contributed by atoms with Crippen LogP contribution in [0.2, 0.25) is 0 Å². The van der Waals surface area contributed by atoms with Gasteiger partial charge in [0, 0.05) is 19.0 Å². The zero-order chi connectivity index (χ0) is 14.6. The lowest BCUT2D eigenvalue weighted by atomic mass is 10.3. The Morgan fingerprint density at radius 2 is 2.15 bits per heavy atom. The van der Waals surface area contributed by atoms with E-state index >= 15 is 0 Å². The summed E-state index contributed by atoms with van der Waals surface area (Å²) >= 11 is 3.12. The molecule has 2 aromatic heterocycles. The zero-order valence-electron chi connectivity index (χ0n) is 10.8. The number of rotatable bonds is 7. The molecule has 0 spiro atoms. The summed E-state index contributed by atoms with van der Waals surface area (Å²) in [5.41, 5.74) is 0. The number of furan rings is 2. The van der Waals surface area contributed by atoms with E-state index in [1.807, 2.05) is 0 Å². The highest BCUT2D eigenvalue weighted by Gasteiger charge is 2.22. The summed E-state index contributed by atoms with van der Waals surface area (Å²) in [5.74, 6) is 1.28. The number of hydrogen-bond donors (Lipinski definition) is 2. The van der Waals surface area contributed by atoms with Crippen molar-refractivity contribution in [3.63, 3.8) is 0 Å². The van der Waals surface area contributed by atoms with Crippen LogP contribution in [0.1, 0.15) is 11.5 Å². The second-order valence-corrected chi connectivity index (χ2v) is 6.56. The molecule has 6 nitrogen and oxygen atoms in total. The van der Waals surface area contributed by atoms with E-state index in [0.29, 0.717) is 18.7 Å². The summed E-state index contributed by atoms with van der Waals surface area (Å²) in [5, 5.41) is 2.90. The first kappa shape index (κ1) is 15.3.